The first-order valence-electron chi connectivity index (χ1n) is 7.97. The number of rotatable bonds is 9. The number of aldehydes is 1. The zero-order chi connectivity index (χ0) is 16.4. The molecule has 1 fully saturated rings. The van der Waals surface area contributed by atoms with Crippen molar-refractivity contribution in [3.8, 4) is 0 Å². The normalized spacial score (nSPS) is 15.2. The smallest absolute Gasteiger partial charge is 0.236 e. The van der Waals surface area contributed by atoms with Crippen LogP contribution in [0.15, 0.2) is 0 Å². The Hall–Kier alpha value is -1.47. The molecule has 1 saturated heterocycles. The minimum absolute atomic E-state index is 0.0000678. The van der Waals surface area contributed by atoms with Gasteiger partial charge in [0.1, 0.15) is 6.29 Å². The van der Waals surface area contributed by atoms with Crippen molar-refractivity contribution in [2.24, 2.45) is 0 Å². The molecule has 0 saturated carbocycles. The van der Waals surface area contributed by atoms with Crippen LogP contribution in [0, 0.1) is 0 Å². The van der Waals surface area contributed by atoms with Gasteiger partial charge < -0.3 is 24.8 Å². The van der Waals surface area contributed by atoms with E-state index in [2.05, 4.69) is 17.1 Å². The maximum Gasteiger partial charge on any atom is 0.236 e. The van der Waals surface area contributed by atoms with Gasteiger partial charge in [-0.25, -0.2) is 0 Å². The highest BCUT2D eigenvalue weighted by Gasteiger charge is 2.23. The van der Waals surface area contributed by atoms with Crippen molar-refractivity contribution >= 4 is 18.1 Å². The van der Waals surface area contributed by atoms with Gasteiger partial charge in [0, 0.05) is 52.1 Å². The van der Waals surface area contributed by atoms with Crippen molar-refractivity contribution < 1.29 is 14.4 Å². The fraction of sp³-hybridized carbons (Fsp3) is 0.800. The standard InChI is InChI=1S/C15H28N4O3/c1-3-17(2)7-6-16-13-15(22)19-10-8-18(9-11-19)14(21)5-4-12-20/h12,16H,3-11,13H2,1-2H3. The Kier molecular flexibility index (Phi) is 8.69. The van der Waals surface area contributed by atoms with Crippen molar-refractivity contribution in [1.82, 2.24) is 20.0 Å². The molecule has 0 radical (unpaired) electrons. The van der Waals surface area contributed by atoms with E-state index in [1.807, 2.05) is 7.05 Å². The lowest BCUT2D eigenvalue weighted by molar-refractivity contribution is -0.139. The number of piperazine rings is 1. The van der Waals surface area contributed by atoms with E-state index in [0.717, 1.165) is 25.9 Å². The van der Waals surface area contributed by atoms with Gasteiger partial charge in [-0.1, -0.05) is 6.92 Å². The van der Waals surface area contributed by atoms with Crippen molar-refractivity contribution in [2.45, 2.75) is 19.8 Å². The first-order valence-corrected chi connectivity index (χ1v) is 7.97. The summed E-state index contributed by atoms with van der Waals surface area (Å²) in [5, 5.41) is 3.16. The Balaban J connectivity index is 2.19. The lowest BCUT2D eigenvalue weighted by atomic mass is 10.2. The van der Waals surface area contributed by atoms with Gasteiger partial charge in [-0.2, -0.15) is 0 Å². The summed E-state index contributed by atoms with van der Waals surface area (Å²) in [6.45, 7) is 7.41. The predicted molar refractivity (Wildman–Crippen MR) is 84.5 cm³/mol. The number of likely N-dealkylation sites (N-methyl/N-ethyl adjacent to an activating group) is 1. The van der Waals surface area contributed by atoms with Crippen LogP contribution < -0.4 is 5.32 Å². The lowest BCUT2D eigenvalue weighted by Gasteiger charge is -2.35. The fourth-order valence-corrected chi connectivity index (χ4v) is 2.28. The minimum Gasteiger partial charge on any atom is -0.339 e. The number of nitrogens with zero attached hydrogens (tertiary/aromatic N) is 3. The van der Waals surface area contributed by atoms with Gasteiger partial charge >= 0.3 is 0 Å². The van der Waals surface area contributed by atoms with Gasteiger partial charge in [-0.15, -0.1) is 0 Å². The Bertz CT molecular complexity index is 368. The largest absolute Gasteiger partial charge is 0.339 e. The van der Waals surface area contributed by atoms with Gasteiger partial charge in [0.15, 0.2) is 0 Å². The Morgan fingerprint density at radius 2 is 1.73 bits per heavy atom. The molecule has 0 unspecified atom stereocenters. The Morgan fingerprint density at radius 1 is 1.14 bits per heavy atom. The van der Waals surface area contributed by atoms with Gasteiger partial charge in [0.25, 0.3) is 0 Å². The summed E-state index contributed by atoms with van der Waals surface area (Å²) < 4.78 is 0. The molecule has 0 aromatic heterocycles. The molecule has 126 valence electrons. The van der Waals surface area contributed by atoms with Crippen molar-refractivity contribution in [3.63, 3.8) is 0 Å². The summed E-state index contributed by atoms with van der Waals surface area (Å²) >= 11 is 0. The van der Waals surface area contributed by atoms with Crippen LogP contribution in [-0.4, -0.2) is 92.2 Å². The zero-order valence-corrected chi connectivity index (χ0v) is 13.7. The van der Waals surface area contributed by atoms with Crippen LogP contribution in [0.2, 0.25) is 0 Å². The molecule has 1 heterocycles. The third-order valence-electron chi connectivity index (χ3n) is 3.95. The van der Waals surface area contributed by atoms with Gasteiger partial charge in [0.05, 0.1) is 6.54 Å². The van der Waals surface area contributed by atoms with Crippen LogP contribution in [0.1, 0.15) is 19.8 Å². The van der Waals surface area contributed by atoms with Gasteiger partial charge in [0.2, 0.25) is 11.8 Å². The molecule has 0 aromatic rings. The molecule has 1 rings (SSSR count). The molecule has 0 aromatic carbocycles. The van der Waals surface area contributed by atoms with Crippen molar-refractivity contribution in [1.29, 1.82) is 0 Å². The second-order valence-corrected chi connectivity index (χ2v) is 5.54. The second kappa shape index (κ2) is 10.3. The maximum absolute atomic E-state index is 12.1. The summed E-state index contributed by atoms with van der Waals surface area (Å²) in [5.74, 6) is 0.0825. The minimum atomic E-state index is -0.0000678. The van der Waals surface area contributed by atoms with E-state index in [0.29, 0.717) is 32.7 Å². The zero-order valence-electron chi connectivity index (χ0n) is 13.7. The molecule has 7 nitrogen and oxygen atoms in total. The third-order valence-corrected chi connectivity index (χ3v) is 3.95. The van der Waals surface area contributed by atoms with Crippen molar-refractivity contribution in [2.75, 3.05) is 59.4 Å². The average molecular weight is 312 g/mol. The van der Waals surface area contributed by atoms with E-state index in [1.54, 1.807) is 9.80 Å². The molecule has 0 aliphatic carbocycles. The van der Waals surface area contributed by atoms with Crippen molar-refractivity contribution in [3.05, 3.63) is 0 Å². The summed E-state index contributed by atoms with van der Waals surface area (Å²) in [6, 6.07) is 0. The number of amides is 2. The fourth-order valence-electron chi connectivity index (χ4n) is 2.28. The maximum atomic E-state index is 12.1. The van der Waals surface area contributed by atoms with Crippen LogP contribution in [0.5, 0.6) is 0 Å². The molecule has 0 bridgehead atoms. The Labute approximate surface area is 132 Å². The molecule has 22 heavy (non-hydrogen) atoms. The van der Waals surface area contributed by atoms with Crippen LogP contribution in [-0.2, 0) is 14.4 Å². The number of hydrogen-bond donors (Lipinski definition) is 1. The molecule has 1 aliphatic rings. The van der Waals surface area contributed by atoms with Crippen LogP contribution in [0.3, 0.4) is 0 Å². The highest BCUT2D eigenvalue weighted by Crippen LogP contribution is 2.05. The van der Waals surface area contributed by atoms with Crippen LogP contribution in [0.4, 0.5) is 0 Å². The molecular formula is C15H28N4O3. The summed E-state index contributed by atoms with van der Waals surface area (Å²) in [7, 11) is 2.05. The Morgan fingerprint density at radius 3 is 2.27 bits per heavy atom. The first-order chi connectivity index (χ1) is 10.6. The topological polar surface area (TPSA) is 73.0 Å². The van der Waals surface area contributed by atoms with Gasteiger partial charge in [-0.3, -0.25) is 9.59 Å². The molecular weight excluding hydrogens is 284 g/mol. The number of hydrogen-bond acceptors (Lipinski definition) is 5. The van der Waals surface area contributed by atoms with Crippen LogP contribution >= 0.6 is 0 Å². The monoisotopic (exact) mass is 312 g/mol. The molecule has 2 amide bonds. The van der Waals surface area contributed by atoms with E-state index in [4.69, 9.17) is 0 Å². The SMILES string of the molecule is CCN(C)CCNCC(=O)N1CCN(C(=O)CCC=O)CC1. The number of carbonyl (C=O) groups excluding carboxylic acids is 3. The number of carbonyl (C=O) groups is 3. The van der Waals surface area contributed by atoms with E-state index in [1.165, 1.54) is 0 Å². The second-order valence-electron chi connectivity index (χ2n) is 5.54. The van der Waals surface area contributed by atoms with E-state index >= 15 is 0 Å². The van der Waals surface area contributed by atoms with E-state index < -0.39 is 0 Å². The van der Waals surface area contributed by atoms with E-state index in [-0.39, 0.29) is 24.7 Å². The van der Waals surface area contributed by atoms with Crippen LogP contribution in [0.25, 0.3) is 0 Å². The highest BCUT2D eigenvalue weighted by atomic mass is 16.2. The molecule has 1 N–H and O–H groups in total. The summed E-state index contributed by atoms with van der Waals surface area (Å²) in [6.07, 6.45) is 1.30. The average Bonchev–Trinajstić information content (AvgIpc) is 2.56. The molecule has 0 atom stereocenters. The lowest BCUT2D eigenvalue weighted by Crippen LogP contribution is -2.52. The summed E-state index contributed by atoms with van der Waals surface area (Å²) in [4.78, 5) is 39.8. The first kappa shape index (κ1) is 18.6. The third kappa shape index (κ3) is 6.53. The van der Waals surface area contributed by atoms with Gasteiger partial charge in [-0.05, 0) is 13.6 Å². The molecule has 7 heteroatoms. The molecule has 1 aliphatic heterocycles. The quantitative estimate of drug-likeness (QED) is 0.445. The molecule has 0 spiro atoms. The summed E-state index contributed by atoms with van der Waals surface area (Å²) in [5.41, 5.74) is 0. The predicted octanol–water partition coefficient (Wildman–Crippen LogP) is -0.822. The number of nitrogens with one attached hydrogen (secondary N) is 1. The van der Waals surface area contributed by atoms with E-state index in [9.17, 15) is 14.4 Å². The highest BCUT2D eigenvalue weighted by molar-refractivity contribution is 5.80.